The lowest BCUT2D eigenvalue weighted by molar-refractivity contribution is -0.145. The number of nitrogens with zero attached hydrogens (tertiary/aromatic N) is 2. The summed E-state index contributed by atoms with van der Waals surface area (Å²) in [4.78, 5) is 43.4. The van der Waals surface area contributed by atoms with Gasteiger partial charge in [-0.15, -0.1) is 0 Å². The summed E-state index contributed by atoms with van der Waals surface area (Å²) in [5.41, 5.74) is 5.26. The van der Waals surface area contributed by atoms with Crippen molar-refractivity contribution in [1.82, 2.24) is 10.2 Å². The lowest BCUT2D eigenvalue weighted by Gasteiger charge is -2.42. The number of esters is 1. The zero-order valence-corrected chi connectivity index (χ0v) is 29.8. The van der Waals surface area contributed by atoms with Crippen LogP contribution in [0.3, 0.4) is 0 Å². The number of methoxy groups -OCH3 is 1. The molecular formula is C39H39Cl2N3O6. The minimum absolute atomic E-state index is 0.0557. The maximum atomic E-state index is 13.8. The third-order valence-corrected chi connectivity index (χ3v) is 10.1. The number of nitrogens with one attached hydrogen (secondary N) is 1. The predicted octanol–water partition coefficient (Wildman–Crippen LogP) is 7.22. The van der Waals surface area contributed by atoms with Crippen molar-refractivity contribution in [3.63, 3.8) is 0 Å². The molecule has 2 aliphatic heterocycles. The molecule has 9 nitrogen and oxygen atoms in total. The second-order valence-electron chi connectivity index (χ2n) is 12.6. The molecule has 2 aliphatic rings. The van der Waals surface area contributed by atoms with E-state index < -0.39 is 24.2 Å². The molecule has 0 aromatic heterocycles. The van der Waals surface area contributed by atoms with Crippen LogP contribution in [0.15, 0.2) is 84.9 Å². The fraction of sp³-hybridized carbons (Fsp3) is 0.308. The molecule has 0 aliphatic carbocycles. The first-order valence-corrected chi connectivity index (χ1v) is 17.3. The van der Waals surface area contributed by atoms with Gasteiger partial charge in [-0.1, -0.05) is 78.7 Å². The maximum Gasteiger partial charge on any atom is 0.328 e. The minimum atomic E-state index is -0.847. The Balaban J connectivity index is 1.25. The maximum absolute atomic E-state index is 13.8. The molecular weight excluding hydrogens is 677 g/mol. The van der Waals surface area contributed by atoms with Gasteiger partial charge in [0.2, 0.25) is 12.0 Å². The molecule has 0 spiro atoms. The third-order valence-electron chi connectivity index (χ3n) is 9.37. The van der Waals surface area contributed by atoms with Gasteiger partial charge in [0.05, 0.1) is 28.9 Å². The topological polar surface area (TPSA) is 97.4 Å². The van der Waals surface area contributed by atoms with Gasteiger partial charge >= 0.3 is 5.97 Å². The minimum Gasteiger partial charge on any atom is -0.489 e. The molecule has 0 saturated heterocycles. The zero-order valence-electron chi connectivity index (χ0n) is 28.3. The number of carbonyl (C=O) groups is 3. The Labute approximate surface area is 302 Å². The summed E-state index contributed by atoms with van der Waals surface area (Å²) in [6.45, 7) is 4.49. The number of amides is 2. The summed E-state index contributed by atoms with van der Waals surface area (Å²) in [6, 6.07) is 25.3. The second kappa shape index (κ2) is 15.1. The SMILES string of the molecule is CC[C@@H](c1ccccc1)N1Cc2cc3c(cc2C[C@H]1C(=O)NC(C)C(=O)OC)N(C)C(=O)[C@H](c1ccc(OCc2ccc(Cl)c(Cl)c2)cc1)O3. The van der Waals surface area contributed by atoms with Crippen molar-refractivity contribution in [2.45, 2.75) is 64.1 Å². The summed E-state index contributed by atoms with van der Waals surface area (Å²) in [7, 11) is 3.03. The summed E-state index contributed by atoms with van der Waals surface area (Å²) >= 11 is 12.2. The summed E-state index contributed by atoms with van der Waals surface area (Å²) in [6.07, 6.45) is 0.310. The first kappa shape index (κ1) is 35.3. The van der Waals surface area contributed by atoms with Crippen molar-refractivity contribution in [2.24, 2.45) is 0 Å². The van der Waals surface area contributed by atoms with Crippen LogP contribution >= 0.6 is 23.2 Å². The molecule has 0 saturated carbocycles. The molecule has 4 aromatic rings. The Morgan fingerprint density at radius 1 is 0.980 bits per heavy atom. The van der Waals surface area contributed by atoms with Gasteiger partial charge in [0, 0.05) is 25.2 Å². The number of halogens is 2. The van der Waals surface area contributed by atoms with E-state index in [1.165, 1.54) is 7.11 Å². The first-order valence-electron chi connectivity index (χ1n) is 16.5. The van der Waals surface area contributed by atoms with Gasteiger partial charge in [0.1, 0.15) is 24.1 Å². The predicted molar refractivity (Wildman–Crippen MR) is 193 cm³/mol. The molecule has 50 heavy (non-hydrogen) atoms. The van der Waals surface area contributed by atoms with Gasteiger partial charge in [0.15, 0.2) is 0 Å². The van der Waals surface area contributed by atoms with Crippen LogP contribution in [0.5, 0.6) is 11.5 Å². The standard InChI is InChI=1S/C39H39Cl2N3O6/c1-5-32(25-9-7-6-8-10-25)44-21-28-20-35-33(18-27(28)19-34(44)37(45)42-23(2)39(47)48-4)43(3)38(46)36(50-35)26-12-14-29(15-13-26)49-22-24-11-16-30(40)31(41)17-24/h6-18,20,23,32,34,36H,5,19,21-22H2,1-4H3,(H,42,45)/t23?,32-,34-,36-/m0/s1. The number of likely N-dealkylation sites (N-methyl/N-ethyl adjacent to an activating group) is 1. The Bertz CT molecular complexity index is 1890. The van der Waals surface area contributed by atoms with Gasteiger partial charge < -0.3 is 24.4 Å². The highest BCUT2D eigenvalue weighted by Gasteiger charge is 2.40. The molecule has 0 fully saturated rings. The van der Waals surface area contributed by atoms with E-state index in [-0.39, 0.29) is 17.9 Å². The highest BCUT2D eigenvalue weighted by Crippen LogP contribution is 2.43. The summed E-state index contributed by atoms with van der Waals surface area (Å²) in [5, 5.41) is 3.80. The highest BCUT2D eigenvalue weighted by atomic mass is 35.5. The smallest absolute Gasteiger partial charge is 0.328 e. The first-order chi connectivity index (χ1) is 24.1. The van der Waals surface area contributed by atoms with E-state index in [1.54, 1.807) is 31.0 Å². The molecule has 1 unspecified atom stereocenters. The van der Waals surface area contributed by atoms with Gasteiger partial charge in [-0.05, 0) is 78.4 Å². The summed E-state index contributed by atoms with van der Waals surface area (Å²) in [5.74, 6) is 0.240. The van der Waals surface area contributed by atoms with Gasteiger partial charge in [-0.2, -0.15) is 0 Å². The average Bonchev–Trinajstić information content (AvgIpc) is 3.13. The van der Waals surface area contributed by atoms with Gasteiger partial charge in [-0.3, -0.25) is 14.5 Å². The number of ether oxygens (including phenoxy) is 3. The van der Waals surface area contributed by atoms with E-state index in [2.05, 4.69) is 29.3 Å². The summed E-state index contributed by atoms with van der Waals surface area (Å²) < 4.78 is 17.2. The number of hydrogen-bond donors (Lipinski definition) is 1. The fourth-order valence-electron chi connectivity index (χ4n) is 6.65. The van der Waals surface area contributed by atoms with Crippen LogP contribution in [0.1, 0.15) is 60.2 Å². The van der Waals surface area contributed by atoms with Gasteiger partial charge in [-0.25, -0.2) is 4.79 Å². The van der Waals surface area contributed by atoms with Crippen LogP contribution < -0.4 is 19.7 Å². The van der Waals surface area contributed by atoms with Crippen LogP contribution in [0.25, 0.3) is 0 Å². The van der Waals surface area contributed by atoms with Crippen LogP contribution in [-0.2, 0) is 38.7 Å². The van der Waals surface area contributed by atoms with Crippen molar-refractivity contribution in [3.05, 3.63) is 123 Å². The van der Waals surface area contributed by atoms with Crippen molar-refractivity contribution in [1.29, 1.82) is 0 Å². The van der Waals surface area contributed by atoms with E-state index >= 15 is 0 Å². The molecule has 4 atom stereocenters. The highest BCUT2D eigenvalue weighted by molar-refractivity contribution is 6.42. The van der Waals surface area contributed by atoms with E-state index in [4.69, 9.17) is 37.4 Å². The number of benzene rings is 4. The normalized spacial score (nSPS) is 18.3. The number of anilines is 1. The molecule has 6 rings (SSSR count). The Hall–Kier alpha value is -4.57. The Morgan fingerprint density at radius 3 is 2.40 bits per heavy atom. The molecule has 260 valence electrons. The molecule has 11 heteroatoms. The van der Waals surface area contributed by atoms with Gasteiger partial charge in [0.25, 0.3) is 5.91 Å². The zero-order chi connectivity index (χ0) is 35.5. The average molecular weight is 717 g/mol. The number of carbonyl (C=O) groups excluding carboxylic acids is 3. The Morgan fingerprint density at radius 2 is 1.72 bits per heavy atom. The van der Waals surface area contributed by atoms with Crippen molar-refractivity contribution >= 4 is 46.7 Å². The number of rotatable bonds is 10. The van der Waals surface area contributed by atoms with Crippen molar-refractivity contribution in [2.75, 3.05) is 19.1 Å². The second-order valence-corrected chi connectivity index (χ2v) is 13.4. The quantitative estimate of drug-likeness (QED) is 0.173. The molecule has 1 N–H and O–H groups in total. The van der Waals surface area contributed by atoms with Crippen molar-refractivity contribution < 1.29 is 28.6 Å². The monoisotopic (exact) mass is 715 g/mol. The van der Waals surface area contributed by atoms with E-state index in [0.29, 0.717) is 52.4 Å². The third kappa shape index (κ3) is 7.31. The van der Waals surface area contributed by atoms with Crippen LogP contribution in [0.2, 0.25) is 10.0 Å². The van der Waals surface area contributed by atoms with Crippen LogP contribution in [0.4, 0.5) is 5.69 Å². The molecule has 0 bridgehead atoms. The number of hydrogen-bond acceptors (Lipinski definition) is 7. The van der Waals surface area contributed by atoms with Crippen LogP contribution in [-0.4, -0.2) is 48.9 Å². The fourth-order valence-corrected chi connectivity index (χ4v) is 6.97. The molecule has 2 heterocycles. The lowest BCUT2D eigenvalue weighted by atomic mass is 9.88. The Kier molecular flexibility index (Phi) is 10.7. The van der Waals surface area contributed by atoms with Crippen molar-refractivity contribution in [3.8, 4) is 11.5 Å². The van der Waals surface area contributed by atoms with E-state index in [0.717, 1.165) is 28.7 Å². The van der Waals surface area contributed by atoms with E-state index in [1.807, 2.05) is 60.7 Å². The largest absolute Gasteiger partial charge is 0.489 e. The molecule has 0 radical (unpaired) electrons. The molecule has 2 amide bonds. The van der Waals surface area contributed by atoms with E-state index in [9.17, 15) is 14.4 Å². The lowest BCUT2D eigenvalue weighted by Crippen LogP contribution is -2.54. The van der Waals surface area contributed by atoms with Crippen LogP contribution in [0, 0.1) is 0 Å². The number of fused-ring (bicyclic) bond motifs is 2. The molecule has 4 aromatic carbocycles.